The second-order valence-electron chi connectivity index (χ2n) is 3.95. The Kier molecular flexibility index (Phi) is 3.27. The highest BCUT2D eigenvalue weighted by atomic mass is 16.2. The largest absolute Gasteiger partial charge is 0.351 e. The summed E-state index contributed by atoms with van der Waals surface area (Å²) in [5.74, 6) is 0.0648. The Balaban J connectivity index is 2.71. The third kappa shape index (κ3) is 2.19. The number of amides is 1. The van der Waals surface area contributed by atoms with Crippen molar-refractivity contribution in [3.05, 3.63) is 0 Å². The van der Waals surface area contributed by atoms with Gasteiger partial charge >= 0.3 is 0 Å². The smallest absolute Gasteiger partial charge is 0.238 e. The van der Waals surface area contributed by atoms with Gasteiger partial charge in [-0.2, -0.15) is 0 Å². The first kappa shape index (κ1) is 10.5. The molecule has 1 heterocycles. The predicted molar refractivity (Wildman–Crippen MR) is 52.3 cm³/mol. The lowest BCUT2D eigenvalue weighted by molar-refractivity contribution is -0.131. The summed E-state index contributed by atoms with van der Waals surface area (Å²) in [6.45, 7) is 7.49. The molecular formula is C9H19N3O. The summed E-state index contributed by atoms with van der Waals surface area (Å²) in [5.41, 5.74) is 5.56. The minimum Gasteiger partial charge on any atom is -0.351 e. The second-order valence-corrected chi connectivity index (χ2v) is 3.95. The molecule has 1 saturated heterocycles. The lowest BCUT2D eigenvalue weighted by Gasteiger charge is -2.40. The molecule has 1 rings (SSSR count). The number of piperazine rings is 1. The molecule has 4 nitrogen and oxygen atoms in total. The lowest BCUT2D eigenvalue weighted by atomic mass is 10.1. The van der Waals surface area contributed by atoms with Crippen LogP contribution < -0.4 is 11.1 Å². The van der Waals surface area contributed by atoms with Gasteiger partial charge < -0.3 is 11.1 Å². The van der Waals surface area contributed by atoms with Crippen LogP contribution in [0.4, 0.5) is 0 Å². The maximum absolute atomic E-state index is 11.5. The van der Waals surface area contributed by atoms with Crippen LogP contribution in [0.25, 0.3) is 0 Å². The molecule has 1 aliphatic heterocycles. The average molecular weight is 185 g/mol. The number of nitrogens with zero attached hydrogens (tertiary/aromatic N) is 1. The van der Waals surface area contributed by atoms with E-state index in [0.717, 1.165) is 6.54 Å². The highest BCUT2D eigenvalue weighted by Gasteiger charge is 2.32. The Labute approximate surface area is 79.5 Å². The van der Waals surface area contributed by atoms with E-state index in [4.69, 9.17) is 5.73 Å². The van der Waals surface area contributed by atoms with Gasteiger partial charge in [-0.3, -0.25) is 9.69 Å². The van der Waals surface area contributed by atoms with Gasteiger partial charge in [0.15, 0.2) is 0 Å². The molecule has 76 valence electrons. The lowest BCUT2D eigenvalue weighted by Crippen LogP contribution is -2.63. The van der Waals surface area contributed by atoms with Crippen molar-refractivity contribution < 1.29 is 4.79 Å². The number of carbonyl (C=O) groups is 1. The van der Waals surface area contributed by atoms with Crippen LogP contribution in [0.15, 0.2) is 0 Å². The number of rotatable bonds is 2. The minimum atomic E-state index is -0.142. The van der Waals surface area contributed by atoms with Crippen LogP contribution in [0.5, 0.6) is 0 Å². The maximum atomic E-state index is 11.5. The molecular weight excluding hydrogens is 166 g/mol. The van der Waals surface area contributed by atoms with Gasteiger partial charge in [0, 0.05) is 25.2 Å². The van der Waals surface area contributed by atoms with E-state index in [2.05, 4.69) is 24.1 Å². The summed E-state index contributed by atoms with van der Waals surface area (Å²) in [7, 11) is 0. The van der Waals surface area contributed by atoms with Gasteiger partial charge in [0.05, 0.1) is 0 Å². The van der Waals surface area contributed by atoms with Crippen molar-refractivity contribution in [1.29, 1.82) is 0 Å². The zero-order chi connectivity index (χ0) is 10.0. The molecule has 0 aromatic carbocycles. The van der Waals surface area contributed by atoms with Crippen LogP contribution in [0.2, 0.25) is 0 Å². The molecule has 2 atom stereocenters. The van der Waals surface area contributed by atoms with Gasteiger partial charge in [0.1, 0.15) is 6.04 Å². The fraction of sp³-hybridized carbons (Fsp3) is 0.889. The third-order valence-electron chi connectivity index (χ3n) is 2.46. The van der Waals surface area contributed by atoms with Crippen LogP contribution in [0.1, 0.15) is 20.8 Å². The molecule has 0 spiro atoms. The highest BCUT2D eigenvalue weighted by Crippen LogP contribution is 2.10. The molecule has 1 aliphatic rings. The molecule has 3 N–H and O–H groups in total. The van der Waals surface area contributed by atoms with E-state index in [-0.39, 0.29) is 18.0 Å². The van der Waals surface area contributed by atoms with E-state index >= 15 is 0 Å². The standard InChI is InChI=1S/C9H19N3O/c1-6(2)12-5-7(3)11-9(13)8(12)4-10/h6-8H,4-5,10H2,1-3H3,(H,11,13). The van der Waals surface area contributed by atoms with E-state index < -0.39 is 0 Å². The van der Waals surface area contributed by atoms with Crippen molar-refractivity contribution >= 4 is 5.91 Å². The van der Waals surface area contributed by atoms with Crippen molar-refractivity contribution in [2.45, 2.75) is 38.9 Å². The van der Waals surface area contributed by atoms with Gasteiger partial charge in [-0.05, 0) is 20.8 Å². The average Bonchev–Trinajstić information content (AvgIpc) is 2.02. The molecule has 0 radical (unpaired) electrons. The molecule has 0 bridgehead atoms. The van der Waals surface area contributed by atoms with Gasteiger partial charge in [0.2, 0.25) is 5.91 Å². The fourth-order valence-corrected chi connectivity index (χ4v) is 1.79. The van der Waals surface area contributed by atoms with Crippen molar-refractivity contribution in [1.82, 2.24) is 10.2 Å². The summed E-state index contributed by atoms with van der Waals surface area (Å²) < 4.78 is 0. The monoisotopic (exact) mass is 185 g/mol. The van der Waals surface area contributed by atoms with E-state index in [0.29, 0.717) is 12.6 Å². The van der Waals surface area contributed by atoms with Crippen LogP contribution in [0, 0.1) is 0 Å². The van der Waals surface area contributed by atoms with Crippen molar-refractivity contribution in [3.8, 4) is 0 Å². The molecule has 0 saturated carbocycles. The predicted octanol–water partition coefficient (Wildman–Crippen LogP) is -0.458. The topological polar surface area (TPSA) is 58.4 Å². The summed E-state index contributed by atoms with van der Waals surface area (Å²) in [6.07, 6.45) is 0. The van der Waals surface area contributed by atoms with Crippen molar-refractivity contribution in [3.63, 3.8) is 0 Å². The number of hydrogen-bond donors (Lipinski definition) is 2. The molecule has 1 amide bonds. The van der Waals surface area contributed by atoms with Crippen molar-refractivity contribution in [2.24, 2.45) is 5.73 Å². The summed E-state index contributed by atoms with van der Waals surface area (Å²) in [4.78, 5) is 13.7. The maximum Gasteiger partial charge on any atom is 0.238 e. The van der Waals surface area contributed by atoms with E-state index in [1.165, 1.54) is 0 Å². The molecule has 13 heavy (non-hydrogen) atoms. The molecule has 2 unspecified atom stereocenters. The molecule has 0 aromatic heterocycles. The fourth-order valence-electron chi connectivity index (χ4n) is 1.79. The molecule has 4 heteroatoms. The van der Waals surface area contributed by atoms with Crippen LogP contribution in [-0.4, -0.2) is 42.0 Å². The van der Waals surface area contributed by atoms with Crippen LogP contribution >= 0.6 is 0 Å². The minimum absolute atomic E-state index is 0.0648. The number of carbonyl (C=O) groups excluding carboxylic acids is 1. The van der Waals surface area contributed by atoms with E-state index in [1.54, 1.807) is 0 Å². The number of hydrogen-bond acceptors (Lipinski definition) is 3. The first-order chi connectivity index (χ1) is 6.06. The Bertz CT molecular complexity index is 193. The van der Waals surface area contributed by atoms with Gasteiger partial charge in [-0.25, -0.2) is 0 Å². The summed E-state index contributed by atoms with van der Waals surface area (Å²) >= 11 is 0. The van der Waals surface area contributed by atoms with E-state index in [1.807, 2.05) is 6.92 Å². The summed E-state index contributed by atoms with van der Waals surface area (Å²) in [6, 6.07) is 0.468. The van der Waals surface area contributed by atoms with Crippen LogP contribution in [0.3, 0.4) is 0 Å². The highest BCUT2D eigenvalue weighted by molar-refractivity contribution is 5.83. The van der Waals surface area contributed by atoms with Gasteiger partial charge in [-0.15, -0.1) is 0 Å². The molecule has 1 fully saturated rings. The summed E-state index contributed by atoms with van der Waals surface area (Å²) in [5, 5.41) is 2.90. The normalized spacial score (nSPS) is 30.7. The Morgan fingerprint density at radius 1 is 1.69 bits per heavy atom. The first-order valence-corrected chi connectivity index (χ1v) is 4.82. The molecule has 0 aliphatic carbocycles. The van der Waals surface area contributed by atoms with Crippen LogP contribution in [-0.2, 0) is 4.79 Å². The third-order valence-corrected chi connectivity index (χ3v) is 2.46. The van der Waals surface area contributed by atoms with Gasteiger partial charge in [-0.1, -0.05) is 0 Å². The number of nitrogens with one attached hydrogen (secondary N) is 1. The van der Waals surface area contributed by atoms with E-state index in [9.17, 15) is 4.79 Å². The quantitative estimate of drug-likeness (QED) is 0.612. The van der Waals surface area contributed by atoms with Gasteiger partial charge in [0.25, 0.3) is 0 Å². The second kappa shape index (κ2) is 4.07. The Morgan fingerprint density at radius 3 is 2.77 bits per heavy atom. The molecule has 0 aromatic rings. The van der Waals surface area contributed by atoms with Crippen molar-refractivity contribution in [2.75, 3.05) is 13.1 Å². The number of nitrogens with two attached hydrogens (primary N) is 1. The Morgan fingerprint density at radius 2 is 2.31 bits per heavy atom. The zero-order valence-corrected chi connectivity index (χ0v) is 8.58. The SMILES string of the molecule is CC1CN(C(C)C)C(CN)C(=O)N1. The Hall–Kier alpha value is -0.610. The zero-order valence-electron chi connectivity index (χ0n) is 8.58. The first-order valence-electron chi connectivity index (χ1n) is 4.82.